The molecule has 1 heterocycles. The van der Waals surface area contributed by atoms with Gasteiger partial charge in [0.25, 0.3) is 0 Å². The molecule has 2 fully saturated rings. The largest absolute Gasteiger partial charge is 0.573 e. The Balaban J connectivity index is 1.35. The molecular weight excluding hydrogens is 671 g/mol. The maximum atomic E-state index is 15.1. The van der Waals surface area contributed by atoms with Crippen LogP contribution in [0.3, 0.4) is 0 Å². The molecule has 10 heteroatoms. The van der Waals surface area contributed by atoms with Crippen molar-refractivity contribution in [2.45, 2.75) is 37.1 Å². The molecule has 52 heavy (non-hydrogen) atoms. The minimum Gasteiger partial charge on any atom is -0.508 e. The molecule has 1 saturated carbocycles. The van der Waals surface area contributed by atoms with Gasteiger partial charge in [0.2, 0.25) is 11.8 Å². The Hall–Kier alpha value is -5.77. The fourth-order valence-corrected chi connectivity index (χ4v) is 9.17. The summed E-state index contributed by atoms with van der Waals surface area (Å²) >= 11 is 0. The number of hydrogen-bond donors (Lipinski definition) is 1. The second-order valence-electron chi connectivity index (χ2n) is 13.8. The van der Waals surface area contributed by atoms with Gasteiger partial charge < -0.3 is 9.84 Å². The van der Waals surface area contributed by atoms with Crippen LogP contribution in [0.1, 0.15) is 41.0 Å². The Morgan fingerprint density at radius 3 is 2.13 bits per heavy atom. The fourth-order valence-electron chi connectivity index (χ4n) is 9.17. The van der Waals surface area contributed by atoms with Crippen molar-refractivity contribution >= 4 is 29.0 Å². The van der Waals surface area contributed by atoms with Gasteiger partial charge in [-0.1, -0.05) is 103 Å². The van der Waals surface area contributed by atoms with E-state index in [4.69, 9.17) is 0 Å². The third kappa shape index (κ3) is 5.27. The first-order chi connectivity index (χ1) is 25.0. The highest BCUT2D eigenvalue weighted by atomic mass is 19.4. The summed E-state index contributed by atoms with van der Waals surface area (Å²) in [6.07, 6.45) is -1.81. The topological polar surface area (TPSA) is 101 Å². The zero-order chi connectivity index (χ0) is 36.4. The van der Waals surface area contributed by atoms with Crippen LogP contribution in [0.2, 0.25) is 0 Å². The number of amides is 2. The number of rotatable bonds is 6. The lowest BCUT2D eigenvalue weighted by Crippen LogP contribution is -2.58. The molecule has 7 nitrogen and oxygen atoms in total. The normalized spacial score (nSPS) is 27.0. The van der Waals surface area contributed by atoms with Crippen molar-refractivity contribution in [2.24, 2.45) is 23.7 Å². The third-order valence-electron chi connectivity index (χ3n) is 11.2. The van der Waals surface area contributed by atoms with Crippen LogP contribution < -0.4 is 4.74 Å². The van der Waals surface area contributed by atoms with Crippen LogP contribution in [0.5, 0.6) is 11.5 Å². The third-order valence-corrected chi connectivity index (χ3v) is 11.2. The smallest absolute Gasteiger partial charge is 0.508 e. The number of allylic oxidation sites excluding steroid dienone is 4. The first-order valence-electron chi connectivity index (χ1n) is 17.1. The van der Waals surface area contributed by atoms with Gasteiger partial charge in [-0.2, -0.15) is 0 Å². The van der Waals surface area contributed by atoms with Crippen molar-refractivity contribution in [1.29, 1.82) is 0 Å². The number of benzene rings is 4. The van der Waals surface area contributed by atoms with Crippen LogP contribution in [0.25, 0.3) is 5.57 Å². The van der Waals surface area contributed by atoms with E-state index >= 15 is 4.79 Å². The van der Waals surface area contributed by atoms with Gasteiger partial charge in [0.05, 0.1) is 23.8 Å². The number of ether oxygens (including phenoxy) is 1. The number of ketones is 2. The molecule has 4 aromatic rings. The Morgan fingerprint density at radius 2 is 1.46 bits per heavy atom. The molecule has 6 atom stereocenters. The number of fused-ring (bicyclic) bond motifs is 4. The number of carbonyl (C=O) groups is 4. The summed E-state index contributed by atoms with van der Waals surface area (Å²) in [5.74, 6) is -7.31. The molecule has 0 aromatic heterocycles. The maximum absolute atomic E-state index is 15.1. The Morgan fingerprint density at radius 1 is 0.808 bits per heavy atom. The molecule has 0 spiro atoms. The van der Waals surface area contributed by atoms with Crippen LogP contribution >= 0.6 is 0 Å². The number of likely N-dealkylation sites (tertiary alicyclic amines) is 1. The predicted octanol–water partition coefficient (Wildman–Crippen LogP) is 7.32. The molecule has 1 N–H and O–H groups in total. The van der Waals surface area contributed by atoms with E-state index in [0.717, 1.165) is 23.8 Å². The standard InChI is InChI=1S/C42H32F3NO6/c43-42(44,45)52-27-16-19-34(47)32(20-27)37-28-17-18-29-36(40(51)46(39(29)50)23-24-10-4-1-5-11-24)31(28)21-33-38(49)30(25-12-6-2-7-13-25)22-35(48)41(33,37)26-14-8-3-9-15-26/h1-17,19-20,22,29,31,33,36-37,47H,18,21,23H2/t29-,31+,33-,36-,37+,41-/m0/s1. The molecule has 1 saturated heterocycles. The second-order valence-corrected chi connectivity index (χ2v) is 13.8. The number of carbonyl (C=O) groups excluding carboxylic acids is 4. The Labute approximate surface area is 297 Å². The second kappa shape index (κ2) is 12.5. The summed E-state index contributed by atoms with van der Waals surface area (Å²) in [4.78, 5) is 59.6. The highest BCUT2D eigenvalue weighted by molar-refractivity contribution is 6.31. The van der Waals surface area contributed by atoms with Gasteiger partial charge in [-0.25, -0.2) is 0 Å². The zero-order valence-electron chi connectivity index (χ0n) is 27.6. The summed E-state index contributed by atoms with van der Waals surface area (Å²) in [6, 6.07) is 29.5. The van der Waals surface area contributed by atoms with Crippen LogP contribution in [0, 0.1) is 23.7 Å². The number of aromatic hydroxyl groups is 1. The maximum Gasteiger partial charge on any atom is 0.573 e. The minimum atomic E-state index is -5.05. The lowest BCUT2D eigenvalue weighted by atomic mass is 9.44. The van der Waals surface area contributed by atoms with Crippen molar-refractivity contribution in [3.05, 3.63) is 149 Å². The molecule has 2 amide bonds. The Bertz CT molecular complexity index is 2160. The Kier molecular flexibility index (Phi) is 8.01. The number of Topliss-reactive ketones (excluding diaryl/α,β-unsaturated/α-hetero) is 1. The van der Waals surface area contributed by atoms with E-state index in [1.54, 1.807) is 66.7 Å². The lowest BCUT2D eigenvalue weighted by molar-refractivity contribution is -0.274. The van der Waals surface area contributed by atoms with E-state index in [-0.39, 0.29) is 42.2 Å². The van der Waals surface area contributed by atoms with Crippen LogP contribution in [-0.2, 0) is 31.1 Å². The van der Waals surface area contributed by atoms with E-state index in [9.17, 15) is 32.7 Å². The highest BCUT2D eigenvalue weighted by Crippen LogP contribution is 2.64. The van der Waals surface area contributed by atoms with Gasteiger partial charge in [0, 0.05) is 23.0 Å². The van der Waals surface area contributed by atoms with Gasteiger partial charge in [-0.15, -0.1) is 13.2 Å². The molecule has 0 radical (unpaired) electrons. The average Bonchev–Trinajstić information content (AvgIpc) is 3.38. The summed E-state index contributed by atoms with van der Waals surface area (Å²) in [6.45, 7) is 0.0598. The van der Waals surface area contributed by atoms with Crippen molar-refractivity contribution in [2.75, 3.05) is 0 Å². The van der Waals surface area contributed by atoms with E-state index in [1.807, 2.05) is 30.3 Å². The first kappa shape index (κ1) is 33.4. The molecular formula is C42H32F3NO6. The van der Waals surface area contributed by atoms with E-state index in [1.165, 1.54) is 11.0 Å². The van der Waals surface area contributed by atoms with E-state index < -0.39 is 64.6 Å². The monoisotopic (exact) mass is 703 g/mol. The number of imide groups is 1. The summed E-state index contributed by atoms with van der Waals surface area (Å²) in [5, 5.41) is 11.5. The molecule has 8 rings (SSSR count). The summed E-state index contributed by atoms with van der Waals surface area (Å²) in [7, 11) is 0. The number of phenols is 1. The van der Waals surface area contributed by atoms with E-state index in [0.29, 0.717) is 16.7 Å². The van der Waals surface area contributed by atoms with Gasteiger partial charge in [-0.05, 0) is 59.7 Å². The quantitative estimate of drug-likeness (QED) is 0.167. The molecule has 0 bridgehead atoms. The number of hydrogen-bond acceptors (Lipinski definition) is 6. The highest BCUT2D eigenvalue weighted by Gasteiger charge is 2.66. The number of halogens is 3. The number of phenolic OH excluding ortho intramolecular Hbond substituents is 1. The molecule has 3 aliphatic carbocycles. The van der Waals surface area contributed by atoms with Crippen LogP contribution in [0.4, 0.5) is 13.2 Å². The van der Waals surface area contributed by atoms with Crippen molar-refractivity contribution in [1.82, 2.24) is 4.90 Å². The lowest BCUT2D eigenvalue weighted by Gasteiger charge is -2.55. The van der Waals surface area contributed by atoms with Crippen LogP contribution in [0.15, 0.2) is 127 Å². The summed E-state index contributed by atoms with van der Waals surface area (Å²) in [5.41, 5.74) is 0.633. The number of alkyl halides is 3. The molecule has 0 unspecified atom stereocenters. The summed E-state index contributed by atoms with van der Waals surface area (Å²) < 4.78 is 45.0. The van der Waals surface area contributed by atoms with Gasteiger partial charge >= 0.3 is 6.36 Å². The van der Waals surface area contributed by atoms with Gasteiger partial charge in [-0.3, -0.25) is 24.1 Å². The van der Waals surface area contributed by atoms with Crippen molar-refractivity contribution in [3.63, 3.8) is 0 Å². The van der Waals surface area contributed by atoms with Gasteiger partial charge in [0.15, 0.2) is 11.6 Å². The van der Waals surface area contributed by atoms with Crippen molar-refractivity contribution in [3.8, 4) is 11.5 Å². The number of nitrogens with zero attached hydrogens (tertiary/aromatic N) is 1. The average molecular weight is 704 g/mol. The molecule has 4 aromatic carbocycles. The van der Waals surface area contributed by atoms with Crippen LogP contribution in [-0.4, -0.2) is 39.7 Å². The van der Waals surface area contributed by atoms with Crippen molar-refractivity contribution < 1.29 is 42.2 Å². The fraction of sp³-hybridized carbons (Fsp3) is 0.238. The molecule has 1 aliphatic heterocycles. The van der Waals surface area contributed by atoms with E-state index in [2.05, 4.69) is 4.74 Å². The SMILES string of the molecule is O=C1C(c2ccccc2)=CC(=O)[C@@]2(c3ccccc3)[C@@H](c3cc(OC(F)(F)F)ccc3O)C3=CC[C@@H]4C(=O)N(Cc5ccccc5)C(=O)[C@@H]4[C@@H]3C[C@@H]12. The predicted molar refractivity (Wildman–Crippen MR) is 183 cm³/mol. The van der Waals surface area contributed by atoms with Gasteiger partial charge in [0.1, 0.15) is 11.5 Å². The zero-order valence-corrected chi connectivity index (χ0v) is 27.6. The molecule has 262 valence electrons. The minimum absolute atomic E-state index is 0.0187. The first-order valence-corrected chi connectivity index (χ1v) is 17.1. The molecule has 4 aliphatic rings.